The number of anilines is 1. The topological polar surface area (TPSA) is 74.7 Å². The quantitative estimate of drug-likeness (QED) is 0.841. The fourth-order valence-corrected chi connectivity index (χ4v) is 3.90. The lowest BCUT2D eigenvalue weighted by Crippen LogP contribution is -2.31. The first kappa shape index (κ1) is 12.3. The minimum atomic E-state index is -1.10. The van der Waals surface area contributed by atoms with Crippen molar-refractivity contribution in [3.63, 3.8) is 0 Å². The third-order valence-electron chi connectivity index (χ3n) is 3.92. The van der Waals surface area contributed by atoms with Crippen LogP contribution in [0.2, 0.25) is 0 Å². The summed E-state index contributed by atoms with van der Waals surface area (Å²) in [5.41, 5.74) is 0.0327. The van der Waals surface area contributed by atoms with Gasteiger partial charge in [-0.3, -0.25) is 9.59 Å². The summed E-state index contributed by atoms with van der Waals surface area (Å²) in [6.45, 7) is 0. The summed E-state index contributed by atoms with van der Waals surface area (Å²) >= 11 is 1.13. The molecule has 6 heteroatoms. The first-order valence-electron chi connectivity index (χ1n) is 6.30. The molecule has 2 atom stereocenters. The predicted molar refractivity (Wildman–Crippen MR) is 69.2 cm³/mol. The van der Waals surface area contributed by atoms with Gasteiger partial charge in [0.1, 0.15) is 5.00 Å². The van der Waals surface area contributed by atoms with Crippen LogP contribution in [0.5, 0.6) is 0 Å². The smallest absolute Gasteiger partial charge is 0.338 e. The molecular weight excluding hydrogens is 266 g/mol. The Morgan fingerprint density at radius 1 is 1.21 bits per heavy atom. The number of hydrogen-bond donors (Lipinski definition) is 1. The highest BCUT2D eigenvalue weighted by molar-refractivity contribution is 7.15. The highest BCUT2D eigenvalue weighted by Gasteiger charge is 2.49. The molecule has 1 N–H and O–H groups in total. The summed E-state index contributed by atoms with van der Waals surface area (Å²) in [6.07, 6.45) is 3.40. The van der Waals surface area contributed by atoms with E-state index in [0.29, 0.717) is 0 Å². The Labute approximate surface area is 113 Å². The van der Waals surface area contributed by atoms with Crippen molar-refractivity contribution in [1.82, 2.24) is 0 Å². The Bertz CT molecular complexity index is 541. The van der Waals surface area contributed by atoms with E-state index in [1.807, 2.05) is 0 Å². The third kappa shape index (κ3) is 1.78. The van der Waals surface area contributed by atoms with E-state index in [1.54, 1.807) is 5.38 Å². The number of nitrogens with zero attached hydrogens (tertiary/aromatic N) is 1. The Kier molecular flexibility index (Phi) is 2.89. The molecule has 100 valence electrons. The molecule has 2 amide bonds. The maximum atomic E-state index is 12.3. The molecule has 5 nitrogen and oxygen atoms in total. The fourth-order valence-electron chi connectivity index (χ4n) is 3.00. The molecule has 2 unspecified atom stereocenters. The maximum Gasteiger partial charge on any atom is 0.338 e. The van der Waals surface area contributed by atoms with Gasteiger partial charge in [0, 0.05) is 0 Å². The lowest BCUT2D eigenvalue weighted by atomic mass is 9.81. The molecule has 1 aromatic rings. The lowest BCUT2D eigenvalue weighted by molar-refractivity contribution is -0.122. The molecule has 1 saturated heterocycles. The van der Waals surface area contributed by atoms with Gasteiger partial charge in [0.05, 0.1) is 17.4 Å². The van der Waals surface area contributed by atoms with Crippen LogP contribution in [0.4, 0.5) is 5.00 Å². The first-order valence-corrected chi connectivity index (χ1v) is 7.18. The van der Waals surface area contributed by atoms with Crippen molar-refractivity contribution in [1.29, 1.82) is 0 Å². The average Bonchev–Trinajstić information content (AvgIpc) is 2.95. The Balaban J connectivity index is 2.01. The van der Waals surface area contributed by atoms with E-state index in [-0.39, 0.29) is 34.2 Å². The number of rotatable bonds is 2. The molecule has 3 rings (SSSR count). The summed E-state index contributed by atoms with van der Waals surface area (Å²) in [6, 6.07) is 1.44. The number of thiophene rings is 1. The van der Waals surface area contributed by atoms with Crippen molar-refractivity contribution in [2.24, 2.45) is 11.8 Å². The lowest BCUT2D eigenvalue weighted by Gasteiger charge is -2.19. The summed E-state index contributed by atoms with van der Waals surface area (Å²) in [5, 5.41) is 11.0. The number of imide groups is 1. The van der Waals surface area contributed by atoms with Crippen LogP contribution in [0.1, 0.15) is 36.0 Å². The van der Waals surface area contributed by atoms with Gasteiger partial charge in [-0.2, -0.15) is 0 Å². The van der Waals surface area contributed by atoms with E-state index in [4.69, 9.17) is 5.11 Å². The highest BCUT2D eigenvalue weighted by Crippen LogP contribution is 2.42. The third-order valence-corrected chi connectivity index (χ3v) is 4.82. The molecule has 0 aromatic carbocycles. The molecule has 0 radical (unpaired) electrons. The summed E-state index contributed by atoms with van der Waals surface area (Å²) in [5.74, 6) is -2.04. The Hall–Kier alpha value is -1.69. The van der Waals surface area contributed by atoms with Gasteiger partial charge < -0.3 is 5.11 Å². The number of fused-ring (bicyclic) bond motifs is 1. The minimum absolute atomic E-state index is 0.0327. The van der Waals surface area contributed by atoms with Gasteiger partial charge >= 0.3 is 5.97 Å². The largest absolute Gasteiger partial charge is 0.478 e. The maximum absolute atomic E-state index is 12.3. The van der Waals surface area contributed by atoms with E-state index >= 15 is 0 Å². The van der Waals surface area contributed by atoms with Gasteiger partial charge in [0.15, 0.2) is 0 Å². The van der Waals surface area contributed by atoms with Crippen molar-refractivity contribution in [3.05, 3.63) is 17.0 Å². The first-order chi connectivity index (χ1) is 9.11. The second-order valence-electron chi connectivity index (χ2n) is 4.95. The number of carbonyl (C=O) groups excluding carboxylic acids is 2. The zero-order valence-corrected chi connectivity index (χ0v) is 11.0. The van der Waals surface area contributed by atoms with Crippen LogP contribution in [0.25, 0.3) is 0 Å². The van der Waals surface area contributed by atoms with E-state index in [9.17, 15) is 14.4 Å². The van der Waals surface area contributed by atoms with Crippen LogP contribution in [0.3, 0.4) is 0 Å². The molecule has 1 aliphatic heterocycles. The van der Waals surface area contributed by atoms with Crippen molar-refractivity contribution < 1.29 is 19.5 Å². The second kappa shape index (κ2) is 4.45. The summed E-state index contributed by atoms with van der Waals surface area (Å²) < 4.78 is 0. The molecule has 2 heterocycles. The minimum Gasteiger partial charge on any atom is -0.478 e. The molecule has 0 bridgehead atoms. The van der Waals surface area contributed by atoms with Crippen molar-refractivity contribution in [2.75, 3.05) is 4.90 Å². The molecule has 2 aliphatic rings. The van der Waals surface area contributed by atoms with E-state index < -0.39 is 5.97 Å². The van der Waals surface area contributed by atoms with Crippen molar-refractivity contribution in [3.8, 4) is 0 Å². The standard InChI is InChI=1S/C13H13NO4S/c15-10-7-3-1-2-4-8(7)11(16)14(10)12-9(13(17)18)5-6-19-12/h5-8H,1-4H2,(H,17,18). The highest BCUT2D eigenvalue weighted by atomic mass is 32.1. The number of hydrogen-bond acceptors (Lipinski definition) is 4. The number of aromatic carboxylic acids is 1. The van der Waals surface area contributed by atoms with Gasteiger partial charge in [-0.05, 0) is 24.3 Å². The van der Waals surface area contributed by atoms with Crippen LogP contribution < -0.4 is 4.90 Å². The molecule has 1 aliphatic carbocycles. The normalized spacial score (nSPS) is 26.6. The molecule has 1 saturated carbocycles. The van der Waals surface area contributed by atoms with Crippen LogP contribution >= 0.6 is 11.3 Å². The number of carbonyl (C=O) groups is 3. The molecule has 2 fully saturated rings. The van der Waals surface area contributed by atoms with Crippen LogP contribution in [0.15, 0.2) is 11.4 Å². The van der Waals surface area contributed by atoms with Gasteiger partial charge in [-0.15, -0.1) is 11.3 Å². The second-order valence-corrected chi connectivity index (χ2v) is 5.85. The average molecular weight is 279 g/mol. The molecule has 0 spiro atoms. The Morgan fingerprint density at radius 3 is 2.32 bits per heavy atom. The van der Waals surface area contributed by atoms with E-state index in [0.717, 1.165) is 41.9 Å². The van der Waals surface area contributed by atoms with E-state index in [2.05, 4.69) is 0 Å². The van der Waals surface area contributed by atoms with Gasteiger partial charge in [0.25, 0.3) is 0 Å². The van der Waals surface area contributed by atoms with Crippen molar-refractivity contribution >= 4 is 34.1 Å². The fraction of sp³-hybridized carbons (Fsp3) is 0.462. The monoisotopic (exact) mass is 279 g/mol. The predicted octanol–water partition coefficient (Wildman–Crippen LogP) is 2.13. The molecule has 19 heavy (non-hydrogen) atoms. The number of carboxylic acid groups (broad SMARTS) is 1. The summed E-state index contributed by atoms with van der Waals surface area (Å²) in [4.78, 5) is 36.9. The van der Waals surface area contributed by atoms with Gasteiger partial charge in [0.2, 0.25) is 11.8 Å². The SMILES string of the molecule is O=C(O)c1ccsc1N1C(=O)C2CCCCC2C1=O. The zero-order chi connectivity index (χ0) is 13.6. The molecular formula is C13H13NO4S. The van der Waals surface area contributed by atoms with Crippen molar-refractivity contribution in [2.45, 2.75) is 25.7 Å². The zero-order valence-electron chi connectivity index (χ0n) is 10.2. The van der Waals surface area contributed by atoms with Crippen LogP contribution in [-0.4, -0.2) is 22.9 Å². The van der Waals surface area contributed by atoms with Gasteiger partial charge in [-0.25, -0.2) is 9.69 Å². The van der Waals surface area contributed by atoms with E-state index in [1.165, 1.54) is 6.07 Å². The van der Waals surface area contributed by atoms with Crippen LogP contribution in [0, 0.1) is 11.8 Å². The summed E-state index contributed by atoms with van der Waals surface area (Å²) in [7, 11) is 0. The van der Waals surface area contributed by atoms with Gasteiger partial charge in [-0.1, -0.05) is 12.8 Å². The van der Waals surface area contributed by atoms with Crippen LogP contribution in [-0.2, 0) is 9.59 Å². The number of carboxylic acids is 1. The number of amides is 2. The molecule has 1 aromatic heterocycles. The Morgan fingerprint density at radius 2 is 1.79 bits per heavy atom.